The predicted octanol–water partition coefficient (Wildman–Crippen LogP) is 4.87. The second kappa shape index (κ2) is 5.85. The van der Waals surface area contributed by atoms with Crippen molar-refractivity contribution in [1.82, 2.24) is 4.98 Å². The first kappa shape index (κ1) is 13.5. The minimum absolute atomic E-state index is 0.774. The van der Waals surface area contributed by atoms with E-state index in [1.165, 1.54) is 15.8 Å². The molecule has 1 heterocycles. The Bertz CT molecular complexity index is 753. The molecule has 2 N–H and O–H groups in total. The molecule has 0 fully saturated rings. The molecule has 0 aliphatic heterocycles. The molecule has 0 amide bonds. The van der Waals surface area contributed by atoms with Crippen LogP contribution in [-0.2, 0) is 5.75 Å². The maximum atomic E-state index is 5.76. The molecule has 1 aromatic heterocycles. The molecule has 0 aliphatic carbocycles. The minimum Gasteiger partial charge on any atom is -0.399 e. The Kier molecular flexibility index (Phi) is 3.94. The number of para-hydroxylation sites is 1. The zero-order valence-electron chi connectivity index (χ0n) is 10.7. The van der Waals surface area contributed by atoms with Gasteiger partial charge in [0.25, 0.3) is 0 Å². The number of nitrogens with two attached hydrogens (primary N) is 1. The fourth-order valence-electron chi connectivity index (χ4n) is 2.07. The molecule has 0 spiro atoms. The van der Waals surface area contributed by atoms with E-state index in [2.05, 4.69) is 39.1 Å². The zero-order chi connectivity index (χ0) is 13.9. The lowest BCUT2D eigenvalue weighted by molar-refractivity contribution is 1.33. The van der Waals surface area contributed by atoms with E-state index in [1.54, 1.807) is 11.8 Å². The molecule has 2 nitrogen and oxygen atoms in total. The van der Waals surface area contributed by atoms with Crippen LogP contribution in [0.5, 0.6) is 0 Å². The van der Waals surface area contributed by atoms with Gasteiger partial charge in [0.15, 0.2) is 0 Å². The van der Waals surface area contributed by atoms with Gasteiger partial charge in [0.1, 0.15) is 0 Å². The van der Waals surface area contributed by atoms with Crippen molar-refractivity contribution >= 4 is 44.3 Å². The number of halogens is 1. The van der Waals surface area contributed by atoms with Gasteiger partial charge in [-0.1, -0.05) is 18.2 Å². The average molecular weight is 345 g/mol. The van der Waals surface area contributed by atoms with Crippen LogP contribution in [0.25, 0.3) is 10.9 Å². The van der Waals surface area contributed by atoms with E-state index in [9.17, 15) is 0 Å². The van der Waals surface area contributed by atoms with E-state index in [0.717, 1.165) is 21.4 Å². The first-order valence-electron chi connectivity index (χ1n) is 6.24. The largest absolute Gasteiger partial charge is 0.399 e. The van der Waals surface area contributed by atoms with Crippen molar-refractivity contribution in [2.24, 2.45) is 0 Å². The Morgan fingerprint density at radius 3 is 2.80 bits per heavy atom. The maximum absolute atomic E-state index is 5.76. The van der Waals surface area contributed by atoms with E-state index in [1.807, 2.05) is 36.5 Å². The molecule has 0 saturated heterocycles. The number of thioether (sulfide) groups is 1. The topological polar surface area (TPSA) is 38.9 Å². The van der Waals surface area contributed by atoms with Crippen molar-refractivity contribution in [3.05, 3.63) is 64.8 Å². The SMILES string of the molecule is Nc1ccc(SCc2ccnc3ccccc23)c(Br)c1. The number of rotatable bonds is 3. The summed E-state index contributed by atoms with van der Waals surface area (Å²) in [5.41, 5.74) is 8.87. The second-order valence-electron chi connectivity index (χ2n) is 4.47. The van der Waals surface area contributed by atoms with Crippen LogP contribution in [-0.4, -0.2) is 4.98 Å². The molecule has 0 aliphatic rings. The molecule has 0 saturated carbocycles. The van der Waals surface area contributed by atoms with Gasteiger partial charge in [-0.3, -0.25) is 4.98 Å². The third-order valence-corrected chi connectivity index (χ3v) is 5.12. The summed E-state index contributed by atoms with van der Waals surface area (Å²) in [6.45, 7) is 0. The van der Waals surface area contributed by atoms with E-state index in [4.69, 9.17) is 5.73 Å². The quantitative estimate of drug-likeness (QED) is 0.544. The van der Waals surface area contributed by atoms with Crippen LogP contribution in [0, 0.1) is 0 Å². The van der Waals surface area contributed by atoms with Gasteiger partial charge >= 0.3 is 0 Å². The van der Waals surface area contributed by atoms with Gasteiger partial charge in [0.05, 0.1) is 5.52 Å². The van der Waals surface area contributed by atoms with Gasteiger partial charge in [0, 0.05) is 32.4 Å². The lowest BCUT2D eigenvalue weighted by atomic mass is 10.1. The molecule has 100 valence electrons. The van der Waals surface area contributed by atoms with Crippen molar-refractivity contribution in [1.29, 1.82) is 0 Å². The lowest BCUT2D eigenvalue weighted by Crippen LogP contribution is -1.88. The average Bonchev–Trinajstić information content (AvgIpc) is 2.46. The maximum Gasteiger partial charge on any atom is 0.0705 e. The third-order valence-electron chi connectivity index (χ3n) is 3.08. The van der Waals surface area contributed by atoms with Crippen LogP contribution in [0.4, 0.5) is 5.69 Å². The Labute approximate surface area is 130 Å². The number of anilines is 1. The summed E-state index contributed by atoms with van der Waals surface area (Å²) in [5.74, 6) is 0.908. The van der Waals surface area contributed by atoms with Crippen molar-refractivity contribution in [2.45, 2.75) is 10.6 Å². The first-order chi connectivity index (χ1) is 9.74. The highest BCUT2D eigenvalue weighted by molar-refractivity contribution is 9.10. The molecule has 20 heavy (non-hydrogen) atoms. The van der Waals surface area contributed by atoms with Crippen LogP contribution in [0.3, 0.4) is 0 Å². The number of nitrogen functional groups attached to an aromatic ring is 1. The molecule has 0 radical (unpaired) electrons. The Morgan fingerprint density at radius 1 is 1.10 bits per heavy atom. The summed E-state index contributed by atoms with van der Waals surface area (Å²) in [4.78, 5) is 5.59. The standard InChI is InChI=1S/C16H13BrN2S/c17-14-9-12(18)5-6-16(14)20-10-11-7-8-19-15-4-2-1-3-13(11)15/h1-9H,10,18H2. The molecule has 0 atom stereocenters. The van der Waals surface area contributed by atoms with Crippen molar-refractivity contribution in [3.63, 3.8) is 0 Å². The molecule has 2 aromatic carbocycles. The van der Waals surface area contributed by atoms with Gasteiger partial charge in [-0.25, -0.2) is 0 Å². The zero-order valence-corrected chi connectivity index (χ0v) is 13.1. The van der Waals surface area contributed by atoms with Gasteiger partial charge in [0.2, 0.25) is 0 Å². The Morgan fingerprint density at radius 2 is 1.95 bits per heavy atom. The second-order valence-corrected chi connectivity index (χ2v) is 6.34. The van der Waals surface area contributed by atoms with Gasteiger partial charge in [-0.2, -0.15) is 0 Å². The molecule has 0 unspecified atom stereocenters. The van der Waals surface area contributed by atoms with Crippen molar-refractivity contribution in [3.8, 4) is 0 Å². The number of benzene rings is 2. The number of hydrogen-bond acceptors (Lipinski definition) is 3. The highest BCUT2D eigenvalue weighted by Crippen LogP contribution is 2.32. The van der Waals surface area contributed by atoms with Crippen molar-refractivity contribution < 1.29 is 0 Å². The van der Waals surface area contributed by atoms with E-state index in [0.29, 0.717) is 0 Å². The summed E-state index contributed by atoms with van der Waals surface area (Å²) in [6.07, 6.45) is 1.87. The predicted molar refractivity (Wildman–Crippen MR) is 89.9 cm³/mol. The molecule has 0 bridgehead atoms. The lowest BCUT2D eigenvalue weighted by Gasteiger charge is -2.07. The number of pyridine rings is 1. The van der Waals surface area contributed by atoms with Crippen LogP contribution >= 0.6 is 27.7 Å². The Balaban J connectivity index is 1.87. The summed E-state index contributed by atoms with van der Waals surface area (Å²) in [7, 11) is 0. The third kappa shape index (κ3) is 2.81. The molecule has 4 heteroatoms. The number of hydrogen-bond donors (Lipinski definition) is 1. The van der Waals surface area contributed by atoms with Gasteiger partial charge in [-0.05, 0) is 51.8 Å². The highest BCUT2D eigenvalue weighted by atomic mass is 79.9. The van der Waals surface area contributed by atoms with Crippen molar-refractivity contribution in [2.75, 3.05) is 5.73 Å². The fraction of sp³-hybridized carbons (Fsp3) is 0.0625. The fourth-order valence-corrected chi connectivity index (χ4v) is 3.73. The molecule has 3 aromatic rings. The Hall–Kier alpha value is -1.52. The molecular weight excluding hydrogens is 332 g/mol. The minimum atomic E-state index is 0.774. The number of fused-ring (bicyclic) bond motifs is 1. The summed E-state index contributed by atoms with van der Waals surface area (Å²) in [5, 5.41) is 1.22. The van der Waals surface area contributed by atoms with E-state index < -0.39 is 0 Å². The molecule has 3 rings (SSSR count). The summed E-state index contributed by atoms with van der Waals surface area (Å²) in [6, 6.07) is 16.2. The first-order valence-corrected chi connectivity index (χ1v) is 8.02. The van der Waals surface area contributed by atoms with Gasteiger partial charge < -0.3 is 5.73 Å². The van der Waals surface area contributed by atoms with E-state index in [-0.39, 0.29) is 0 Å². The monoisotopic (exact) mass is 344 g/mol. The van der Waals surface area contributed by atoms with Crippen LogP contribution < -0.4 is 5.73 Å². The van der Waals surface area contributed by atoms with E-state index >= 15 is 0 Å². The van der Waals surface area contributed by atoms with Crippen LogP contribution in [0.1, 0.15) is 5.56 Å². The number of aromatic nitrogens is 1. The summed E-state index contributed by atoms with van der Waals surface area (Å²) >= 11 is 5.35. The number of nitrogens with zero attached hydrogens (tertiary/aromatic N) is 1. The smallest absolute Gasteiger partial charge is 0.0705 e. The van der Waals surface area contributed by atoms with Crippen LogP contribution in [0.2, 0.25) is 0 Å². The van der Waals surface area contributed by atoms with Gasteiger partial charge in [-0.15, -0.1) is 11.8 Å². The molecular formula is C16H13BrN2S. The highest BCUT2D eigenvalue weighted by Gasteiger charge is 2.05. The normalized spacial score (nSPS) is 10.8. The summed E-state index contributed by atoms with van der Waals surface area (Å²) < 4.78 is 1.04. The van der Waals surface area contributed by atoms with Crippen LogP contribution in [0.15, 0.2) is 64.1 Å².